The number of hydrogen-bond acceptors (Lipinski definition) is 2. The summed E-state index contributed by atoms with van der Waals surface area (Å²) in [5.74, 6) is -0.417. The van der Waals surface area contributed by atoms with E-state index in [1.807, 2.05) is 19.1 Å². The summed E-state index contributed by atoms with van der Waals surface area (Å²) in [7, 11) is 2.34. The number of hydrogen-bond donors (Lipinski definition) is 2. The highest BCUT2D eigenvalue weighted by molar-refractivity contribution is 7.18. The zero-order valence-electron chi connectivity index (χ0n) is 6.79. The van der Waals surface area contributed by atoms with E-state index in [4.69, 9.17) is 5.73 Å². The van der Waals surface area contributed by atoms with E-state index >= 15 is 0 Å². The molecule has 12 heavy (non-hydrogen) atoms. The van der Waals surface area contributed by atoms with Gasteiger partial charge in [0.15, 0.2) is 0 Å². The summed E-state index contributed by atoms with van der Waals surface area (Å²) in [6, 6.07) is 5.43. The molecule has 0 radical (unpaired) electrons. The number of rotatable bonds is 2. The molecule has 0 spiro atoms. The van der Waals surface area contributed by atoms with Gasteiger partial charge < -0.3 is 10.8 Å². The zero-order valence-corrected chi connectivity index (χ0v) is 7.95. The van der Waals surface area contributed by atoms with Gasteiger partial charge in [0.1, 0.15) is 0 Å². The van der Waals surface area contributed by atoms with Gasteiger partial charge in [-0.3, -0.25) is 4.79 Å². The summed E-state index contributed by atoms with van der Waals surface area (Å²) in [5.41, 5.74) is 7.49. The van der Waals surface area contributed by atoms with Crippen LogP contribution in [0.1, 0.15) is 15.9 Å². The van der Waals surface area contributed by atoms with Crippen LogP contribution >= 0.6 is 9.39 Å². The fourth-order valence-corrected chi connectivity index (χ4v) is 1.23. The molecule has 1 amide bonds. The van der Waals surface area contributed by atoms with Crippen LogP contribution in [-0.2, 0) is 0 Å². The minimum absolute atomic E-state index is 0.417. The van der Waals surface area contributed by atoms with Gasteiger partial charge in [-0.15, -0.1) is 0 Å². The molecule has 0 aliphatic carbocycles. The molecule has 0 aliphatic rings. The van der Waals surface area contributed by atoms with Crippen molar-refractivity contribution in [3.63, 3.8) is 0 Å². The van der Waals surface area contributed by atoms with Crippen LogP contribution < -0.4 is 10.8 Å². The molecule has 0 heterocycles. The fourth-order valence-electron chi connectivity index (χ4n) is 0.992. The van der Waals surface area contributed by atoms with Crippen LogP contribution in [0.2, 0.25) is 0 Å². The third kappa shape index (κ3) is 1.74. The highest BCUT2D eigenvalue weighted by Gasteiger charge is 2.05. The average Bonchev–Trinajstić information content (AvgIpc) is 2.03. The first kappa shape index (κ1) is 9.01. The summed E-state index contributed by atoms with van der Waals surface area (Å²) in [6.07, 6.45) is 0. The molecule has 3 nitrogen and oxygen atoms in total. The van der Waals surface area contributed by atoms with E-state index in [1.54, 1.807) is 6.07 Å². The topological polar surface area (TPSA) is 55.1 Å². The summed E-state index contributed by atoms with van der Waals surface area (Å²) in [6.45, 7) is 1.95. The van der Waals surface area contributed by atoms with Crippen LogP contribution in [0.15, 0.2) is 18.2 Å². The van der Waals surface area contributed by atoms with Gasteiger partial charge in [0, 0.05) is 0 Å². The lowest BCUT2D eigenvalue weighted by molar-refractivity contribution is 0.100. The lowest BCUT2D eigenvalue weighted by Gasteiger charge is -2.05. The van der Waals surface area contributed by atoms with Crippen molar-refractivity contribution >= 4 is 21.0 Å². The third-order valence-electron chi connectivity index (χ3n) is 1.60. The van der Waals surface area contributed by atoms with Crippen molar-refractivity contribution in [3.05, 3.63) is 29.3 Å². The van der Waals surface area contributed by atoms with Gasteiger partial charge in [-0.1, -0.05) is 6.07 Å². The number of anilines is 1. The van der Waals surface area contributed by atoms with Gasteiger partial charge in [-0.25, -0.2) is 0 Å². The molecule has 3 N–H and O–H groups in total. The monoisotopic (exact) mass is 182 g/mol. The zero-order chi connectivity index (χ0) is 9.14. The Kier molecular flexibility index (Phi) is 2.66. The Hall–Kier alpha value is -1.08. The number of aryl methyl sites for hydroxylation is 1. The van der Waals surface area contributed by atoms with Crippen molar-refractivity contribution in [3.8, 4) is 0 Å². The molecule has 0 saturated heterocycles. The molecule has 0 aromatic heterocycles. The lowest BCUT2D eigenvalue weighted by atomic mass is 10.1. The quantitative estimate of drug-likeness (QED) is 0.677. The number of nitrogens with one attached hydrogen (secondary N) is 1. The second kappa shape index (κ2) is 3.55. The molecule has 0 aliphatic heterocycles. The maximum Gasteiger partial charge on any atom is 0.250 e. The molecule has 1 rings (SSSR count). The highest BCUT2D eigenvalue weighted by atomic mass is 31.0. The number of carbonyl (C=O) groups excluding carboxylic acids is 1. The molecule has 1 aromatic carbocycles. The Bertz CT molecular complexity index is 312. The largest absolute Gasteiger partial charge is 0.369 e. The maximum absolute atomic E-state index is 10.9. The van der Waals surface area contributed by atoms with Crippen molar-refractivity contribution in [1.82, 2.24) is 0 Å². The summed E-state index contributed by atoms with van der Waals surface area (Å²) in [5, 5.41) is 2.83. The van der Waals surface area contributed by atoms with E-state index in [1.165, 1.54) is 0 Å². The first-order valence-corrected chi connectivity index (χ1v) is 4.10. The summed E-state index contributed by atoms with van der Waals surface area (Å²) in [4.78, 5) is 10.9. The number of nitrogens with two attached hydrogens (primary N) is 1. The fraction of sp³-hybridized carbons (Fsp3) is 0.125. The van der Waals surface area contributed by atoms with Crippen LogP contribution in [0.4, 0.5) is 5.69 Å². The van der Waals surface area contributed by atoms with E-state index in [-0.39, 0.29) is 0 Å². The second-order valence-electron chi connectivity index (χ2n) is 2.56. The van der Waals surface area contributed by atoms with Gasteiger partial charge in [0.25, 0.3) is 5.91 Å². The van der Waals surface area contributed by atoms with E-state index in [9.17, 15) is 4.79 Å². The van der Waals surface area contributed by atoms with Crippen molar-refractivity contribution < 1.29 is 4.79 Å². The number of carbonyl (C=O) groups is 1. The number of benzene rings is 1. The molecular weight excluding hydrogens is 171 g/mol. The first-order chi connectivity index (χ1) is 5.65. The molecule has 1 aromatic rings. The average molecular weight is 182 g/mol. The van der Waals surface area contributed by atoms with E-state index in [2.05, 4.69) is 14.5 Å². The Morgan fingerprint density at radius 2 is 2.25 bits per heavy atom. The smallest absolute Gasteiger partial charge is 0.250 e. The van der Waals surface area contributed by atoms with Crippen LogP contribution in [0.25, 0.3) is 0 Å². The van der Waals surface area contributed by atoms with Crippen molar-refractivity contribution in [2.75, 3.05) is 5.09 Å². The lowest BCUT2D eigenvalue weighted by Crippen LogP contribution is -2.12. The predicted octanol–water partition coefficient (Wildman–Crippen LogP) is 1.30. The van der Waals surface area contributed by atoms with Crippen molar-refractivity contribution in [2.24, 2.45) is 5.73 Å². The maximum atomic E-state index is 10.9. The van der Waals surface area contributed by atoms with Crippen molar-refractivity contribution in [1.29, 1.82) is 0 Å². The van der Waals surface area contributed by atoms with E-state index < -0.39 is 5.91 Å². The highest BCUT2D eigenvalue weighted by Crippen LogP contribution is 2.18. The Morgan fingerprint density at radius 1 is 1.58 bits per heavy atom. The standard InChI is InChI=1S/C8H11N2OP/c1-5-2-3-6(8(9)11)7(4-5)10-12/h2-4,10H,12H2,1H3,(H2,9,11). The summed E-state index contributed by atoms with van der Waals surface area (Å²) < 4.78 is 0. The molecule has 1 unspecified atom stereocenters. The second-order valence-corrected chi connectivity index (χ2v) is 2.85. The molecule has 64 valence electrons. The summed E-state index contributed by atoms with van der Waals surface area (Å²) >= 11 is 0. The molecular formula is C8H11N2OP. The molecule has 0 saturated carbocycles. The van der Waals surface area contributed by atoms with Gasteiger partial charge in [0.05, 0.1) is 11.3 Å². The van der Waals surface area contributed by atoms with E-state index in [0.29, 0.717) is 5.56 Å². The Morgan fingerprint density at radius 3 is 2.75 bits per heavy atom. The van der Waals surface area contributed by atoms with Gasteiger partial charge in [-0.05, 0) is 34.0 Å². The van der Waals surface area contributed by atoms with Gasteiger partial charge in [0.2, 0.25) is 0 Å². The van der Waals surface area contributed by atoms with Crippen LogP contribution in [0.3, 0.4) is 0 Å². The van der Waals surface area contributed by atoms with Gasteiger partial charge >= 0.3 is 0 Å². The van der Waals surface area contributed by atoms with Crippen LogP contribution in [0, 0.1) is 6.92 Å². The Labute approximate surface area is 73.6 Å². The molecule has 0 fully saturated rings. The van der Waals surface area contributed by atoms with Crippen molar-refractivity contribution in [2.45, 2.75) is 6.92 Å². The molecule has 4 heteroatoms. The molecule has 0 bridgehead atoms. The minimum atomic E-state index is -0.417. The van der Waals surface area contributed by atoms with Gasteiger partial charge in [-0.2, -0.15) is 0 Å². The normalized spacial score (nSPS) is 9.50. The van der Waals surface area contributed by atoms with E-state index in [0.717, 1.165) is 11.3 Å². The Balaban J connectivity index is 3.20. The predicted molar refractivity (Wildman–Crippen MR) is 53.0 cm³/mol. The first-order valence-electron chi connectivity index (χ1n) is 3.52. The van der Waals surface area contributed by atoms with Crippen LogP contribution in [0.5, 0.6) is 0 Å². The minimum Gasteiger partial charge on any atom is -0.369 e. The SMILES string of the molecule is Cc1ccc(C(N)=O)c(NP)c1. The third-order valence-corrected chi connectivity index (χ3v) is 1.91. The number of primary amides is 1. The molecule has 1 atom stereocenters. The number of amides is 1. The van der Waals surface area contributed by atoms with Crippen LogP contribution in [-0.4, -0.2) is 5.91 Å².